The fourth-order valence-corrected chi connectivity index (χ4v) is 3.11. The minimum absolute atomic E-state index is 0.120. The predicted octanol–water partition coefficient (Wildman–Crippen LogP) is 4.17. The van der Waals surface area contributed by atoms with Crippen molar-refractivity contribution < 1.29 is 18.3 Å². The third-order valence-electron chi connectivity index (χ3n) is 3.74. The molecule has 0 aliphatic rings. The topological polar surface area (TPSA) is 65.2 Å². The summed E-state index contributed by atoms with van der Waals surface area (Å²) in [4.78, 5) is 12.4. The summed E-state index contributed by atoms with van der Waals surface area (Å²) in [5, 5.41) is 7.92. The second-order valence-corrected chi connectivity index (χ2v) is 6.91. The minimum Gasteiger partial charge on any atom is -0.497 e. The molecule has 1 atom stereocenters. The summed E-state index contributed by atoms with van der Waals surface area (Å²) in [6.45, 7) is 1.75. The van der Waals surface area contributed by atoms with Crippen LogP contribution in [0.3, 0.4) is 0 Å². The number of carbonyl (C=O) groups is 1. The molecule has 5 nitrogen and oxygen atoms in total. The highest BCUT2D eigenvalue weighted by atomic mass is 32.2. The molecule has 134 valence electrons. The molecule has 0 radical (unpaired) electrons. The van der Waals surface area contributed by atoms with E-state index < -0.39 is 5.25 Å². The van der Waals surface area contributed by atoms with Crippen LogP contribution in [0.4, 0.5) is 4.39 Å². The molecule has 26 heavy (non-hydrogen) atoms. The third-order valence-corrected chi connectivity index (χ3v) is 4.67. The Morgan fingerprint density at radius 1 is 1.15 bits per heavy atom. The summed E-state index contributed by atoms with van der Waals surface area (Å²) in [7, 11) is 1.62. The number of Topliss-reactive ketones (excluding diaryl/α,β-unsaturated/α-hetero) is 1. The number of hydrogen-bond acceptors (Lipinski definition) is 6. The number of halogens is 1. The standard InChI is InChI=1S/C19H17FN2O3S/c1-12(18(23)14-5-7-15(20)8-6-14)26-19-22-21-17(25-19)11-13-3-9-16(24-2)10-4-13/h3-10,12H,11H2,1-2H3/t12-/m0/s1. The first kappa shape index (κ1) is 18.1. The largest absolute Gasteiger partial charge is 0.497 e. The molecule has 0 unspecified atom stereocenters. The fourth-order valence-electron chi connectivity index (χ4n) is 2.33. The van der Waals surface area contributed by atoms with E-state index in [9.17, 15) is 9.18 Å². The van der Waals surface area contributed by atoms with Crippen LogP contribution in [0.5, 0.6) is 5.75 Å². The van der Waals surface area contributed by atoms with E-state index in [0.29, 0.717) is 23.1 Å². The molecule has 3 aromatic rings. The number of nitrogens with zero attached hydrogens (tertiary/aromatic N) is 2. The van der Waals surface area contributed by atoms with Crippen LogP contribution in [0.1, 0.15) is 28.7 Å². The van der Waals surface area contributed by atoms with E-state index in [1.807, 2.05) is 24.3 Å². The average Bonchev–Trinajstić information content (AvgIpc) is 3.09. The quantitative estimate of drug-likeness (QED) is 0.458. The highest BCUT2D eigenvalue weighted by molar-refractivity contribution is 8.00. The van der Waals surface area contributed by atoms with Gasteiger partial charge in [0.05, 0.1) is 18.8 Å². The summed E-state index contributed by atoms with van der Waals surface area (Å²) in [6.07, 6.45) is 0.498. The first-order valence-electron chi connectivity index (χ1n) is 7.97. The summed E-state index contributed by atoms with van der Waals surface area (Å²) < 4.78 is 23.7. The zero-order chi connectivity index (χ0) is 18.5. The van der Waals surface area contributed by atoms with Crippen LogP contribution in [0.25, 0.3) is 0 Å². The number of rotatable bonds is 7. The number of carbonyl (C=O) groups excluding carboxylic acids is 1. The van der Waals surface area contributed by atoms with Gasteiger partial charge in [0.2, 0.25) is 5.89 Å². The Balaban J connectivity index is 1.61. The Hall–Kier alpha value is -2.67. The number of thioether (sulfide) groups is 1. The van der Waals surface area contributed by atoms with E-state index in [1.165, 1.54) is 36.0 Å². The van der Waals surface area contributed by atoms with Gasteiger partial charge in [-0.15, -0.1) is 10.2 Å². The summed E-state index contributed by atoms with van der Waals surface area (Å²) in [5.41, 5.74) is 1.46. The van der Waals surface area contributed by atoms with Gasteiger partial charge in [-0.25, -0.2) is 4.39 Å². The van der Waals surface area contributed by atoms with E-state index >= 15 is 0 Å². The average molecular weight is 372 g/mol. The minimum atomic E-state index is -0.422. The van der Waals surface area contributed by atoms with Crippen molar-refractivity contribution in [2.75, 3.05) is 7.11 Å². The van der Waals surface area contributed by atoms with Gasteiger partial charge in [-0.1, -0.05) is 23.9 Å². The third kappa shape index (κ3) is 4.49. The van der Waals surface area contributed by atoms with Crippen molar-refractivity contribution >= 4 is 17.5 Å². The number of ketones is 1. The van der Waals surface area contributed by atoms with Crippen molar-refractivity contribution in [1.29, 1.82) is 0 Å². The van der Waals surface area contributed by atoms with Crippen LogP contribution in [-0.4, -0.2) is 28.3 Å². The number of ether oxygens (including phenoxy) is 1. The lowest BCUT2D eigenvalue weighted by Crippen LogP contribution is -2.13. The Bertz CT molecular complexity index is 879. The molecule has 0 bridgehead atoms. The molecule has 0 amide bonds. The maximum absolute atomic E-state index is 13.0. The zero-order valence-electron chi connectivity index (χ0n) is 14.3. The van der Waals surface area contributed by atoms with Crippen LogP contribution in [0, 0.1) is 5.82 Å². The van der Waals surface area contributed by atoms with Gasteiger partial charge in [-0.2, -0.15) is 0 Å². The van der Waals surface area contributed by atoms with Gasteiger partial charge in [-0.05, 0) is 48.9 Å². The Kier molecular flexibility index (Phi) is 5.68. The predicted molar refractivity (Wildman–Crippen MR) is 96.1 cm³/mol. The molecular weight excluding hydrogens is 355 g/mol. The molecule has 2 aromatic carbocycles. The Morgan fingerprint density at radius 3 is 2.50 bits per heavy atom. The number of aromatic nitrogens is 2. The lowest BCUT2D eigenvalue weighted by atomic mass is 10.1. The number of benzene rings is 2. The molecule has 3 rings (SSSR count). The number of methoxy groups -OCH3 is 1. The van der Waals surface area contributed by atoms with Gasteiger partial charge in [0, 0.05) is 5.56 Å². The smallest absolute Gasteiger partial charge is 0.277 e. The van der Waals surface area contributed by atoms with Crippen molar-refractivity contribution in [3.63, 3.8) is 0 Å². The molecule has 1 aromatic heterocycles. The maximum Gasteiger partial charge on any atom is 0.277 e. The summed E-state index contributed by atoms with van der Waals surface area (Å²) >= 11 is 1.18. The van der Waals surface area contributed by atoms with Crippen molar-refractivity contribution in [3.05, 3.63) is 71.4 Å². The maximum atomic E-state index is 13.0. The highest BCUT2D eigenvalue weighted by Gasteiger charge is 2.20. The summed E-state index contributed by atoms with van der Waals surface area (Å²) in [5.74, 6) is 0.759. The molecule has 0 saturated carbocycles. The molecule has 0 aliphatic heterocycles. The molecular formula is C19H17FN2O3S. The van der Waals surface area contributed by atoms with Crippen molar-refractivity contribution in [2.45, 2.75) is 23.8 Å². The van der Waals surface area contributed by atoms with Crippen LogP contribution in [0.15, 0.2) is 58.2 Å². The molecule has 1 heterocycles. The van der Waals surface area contributed by atoms with E-state index in [2.05, 4.69) is 10.2 Å². The van der Waals surface area contributed by atoms with Crippen molar-refractivity contribution in [2.24, 2.45) is 0 Å². The summed E-state index contributed by atoms with van der Waals surface area (Å²) in [6, 6.07) is 13.1. The van der Waals surface area contributed by atoms with Gasteiger partial charge >= 0.3 is 0 Å². The first-order chi connectivity index (χ1) is 12.5. The second-order valence-electron chi connectivity index (χ2n) is 5.62. The van der Waals surface area contributed by atoms with Crippen LogP contribution in [0.2, 0.25) is 0 Å². The lowest BCUT2D eigenvalue weighted by Gasteiger charge is -2.07. The number of hydrogen-bond donors (Lipinski definition) is 0. The van der Waals surface area contributed by atoms with Crippen LogP contribution < -0.4 is 4.74 Å². The van der Waals surface area contributed by atoms with E-state index in [1.54, 1.807) is 14.0 Å². The van der Waals surface area contributed by atoms with Gasteiger partial charge in [0.15, 0.2) is 5.78 Å². The SMILES string of the molecule is COc1ccc(Cc2nnc(S[C@@H](C)C(=O)c3ccc(F)cc3)o2)cc1. The zero-order valence-corrected chi connectivity index (χ0v) is 15.1. The van der Waals surface area contributed by atoms with Gasteiger partial charge < -0.3 is 9.15 Å². The molecule has 0 saturated heterocycles. The van der Waals surface area contributed by atoms with E-state index in [0.717, 1.165) is 11.3 Å². The molecule has 7 heteroatoms. The lowest BCUT2D eigenvalue weighted by molar-refractivity contribution is 0.0993. The Morgan fingerprint density at radius 2 is 1.85 bits per heavy atom. The van der Waals surface area contributed by atoms with Gasteiger partial charge in [-0.3, -0.25) is 4.79 Å². The first-order valence-corrected chi connectivity index (χ1v) is 8.85. The second kappa shape index (κ2) is 8.14. The van der Waals surface area contributed by atoms with Crippen LogP contribution >= 0.6 is 11.8 Å². The van der Waals surface area contributed by atoms with Crippen LogP contribution in [-0.2, 0) is 6.42 Å². The monoisotopic (exact) mass is 372 g/mol. The normalized spacial score (nSPS) is 12.0. The van der Waals surface area contributed by atoms with E-state index in [-0.39, 0.29) is 11.6 Å². The van der Waals surface area contributed by atoms with Crippen molar-refractivity contribution in [1.82, 2.24) is 10.2 Å². The molecule has 0 aliphatic carbocycles. The fraction of sp³-hybridized carbons (Fsp3) is 0.211. The highest BCUT2D eigenvalue weighted by Crippen LogP contribution is 2.25. The van der Waals surface area contributed by atoms with Gasteiger partial charge in [0.1, 0.15) is 11.6 Å². The molecule has 0 spiro atoms. The Labute approximate surface area is 154 Å². The van der Waals surface area contributed by atoms with Gasteiger partial charge in [0.25, 0.3) is 5.22 Å². The van der Waals surface area contributed by atoms with Crippen molar-refractivity contribution in [3.8, 4) is 5.75 Å². The van der Waals surface area contributed by atoms with E-state index in [4.69, 9.17) is 9.15 Å². The molecule has 0 fully saturated rings. The molecule has 0 N–H and O–H groups in total.